The van der Waals surface area contributed by atoms with Crippen LogP contribution in [0.25, 0.3) is 0 Å². The molecule has 3 rings (SSSR count). The van der Waals surface area contributed by atoms with Crippen LogP contribution in [0, 0.1) is 0 Å². The number of alkyl halides is 3. The summed E-state index contributed by atoms with van der Waals surface area (Å²) in [5.41, 5.74) is -0.960. The fourth-order valence-electron chi connectivity index (χ4n) is 3.22. The Hall–Kier alpha value is -2.09. The first-order valence-electron chi connectivity index (χ1n) is 8.07. The van der Waals surface area contributed by atoms with Gasteiger partial charge in [0.15, 0.2) is 6.10 Å². The molecule has 1 aliphatic heterocycles. The van der Waals surface area contributed by atoms with Gasteiger partial charge in [0.1, 0.15) is 5.75 Å². The molecule has 1 N–H and O–H groups in total. The third-order valence-electron chi connectivity index (χ3n) is 4.52. The van der Waals surface area contributed by atoms with Crippen molar-refractivity contribution in [2.24, 2.45) is 5.10 Å². The van der Waals surface area contributed by atoms with Crippen LogP contribution in [0.1, 0.15) is 37.8 Å². The first kappa shape index (κ1) is 17.7. The van der Waals surface area contributed by atoms with Crippen molar-refractivity contribution in [3.8, 4) is 5.75 Å². The Kier molecular flexibility index (Phi) is 4.26. The molecule has 1 amide bonds. The van der Waals surface area contributed by atoms with Gasteiger partial charge in [0.05, 0.1) is 0 Å². The highest BCUT2D eigenvalue weighted by atomic mass is 19.4. The van der Waals surface area contributed by atoms with Gasteiger partial charge in [-0.3, -0.25) is 4.79 Å². The average Bonchev–Trinajstić information content (AvgIpc) is 3.09. The Morgan fingerprint density at radius 3 is 2.72 bits per heavy atom. The van der Waals surface area contributed by atoms with Gasteiger partial charge in [-0.1, -0.05) is 6.07 Å². The van der Waals surface area contributed by atoms with E-state index in [0.717, 1.165) is 24.8 Å². The zero-order valence-corrected chi connectivity index (χ0v) is 13.9. The molecule has 25 heavy (non-hydrogen) atoms. The van der Waals surface area contributed by atoms with E-state index in [1.807, 2.05) is 6.07 Å². The van der Waals surface area contributed by atoms with Crippen molar-refractivity contribution in [3.63, 3.8) is 0 Å². The Labute approximate surface area is 143 Å². The number of hydrogen-bond donors (Lipinski definition) is 1. The fourth-order valence-corrected chi connectivity index (χ4v) is 3.22. The maximum atomic E-state index is 13.2. The lowest BCUT2D eigenvalue weighted by Gasteiger charge is -2.33. The van der Waals surface area contributed by atoms with Crippen LogP contribution >= 0.6 is 0 Å². The van der Waals surface area contributed by atoms with Gasteiger partial charge in [-0.05, 0) is 56.4 Å². The van der Waals surface area contributed by atoms with E-state index in [0.29, 0.717) is 5.75 Å². The van der Waals surface area contributed by atoms with Gasteiger partial charge >= 0.3 is 6.18 Å². The molecule has 0 saturated heterocycles. The van der Waals surface area contributed by atoms with E-state index in [-0.39, 0.29) is 10.7 Å². The normalized spacial score (nSPS) is 24.1. The van der Waals surface area contributed by atoms with Crippen molar-refractivity contribution in [3.05, 3.63) is 29.3 Å². The summed E-state index contributed by atoms with van der Waals surface area (Å²) in [6, 6.07) is 5.40. The summed E-state index contributed by atoms with van der Waals surface area (Å²) < 4.78 is 45.1. The highest BCUT2D eigenvalue weighted by molar-refractivity contribution is 5.90. The number of aliphatic hydroxyl groups is 1. The topological polar surface area (TPSA) is 62.1 Å². The summed E-state index contributed by atoms with van der Waals surface area (Å²) in [5.74, 6) is -0.630. The van der Waals surface area contributed by atoms with Gasteiger partial charge in [0, 0.05) is 12.1 Å². The number of amides is 1. The molecule has 1 aliphatic carbocycles. The van der Waals surface area contributed by atoms with Crippen LogP contribution in [0.4, 0.5) is 13.2 Å². The lowest BCUT2D eigenvalue weighted by atomic mass is 10.1. The molecule has 0 saturated carbocycles. The number of carbonyl (C=O) groups excluding carboxylic acids is 1. The molecule has 0 fully saturated rings. The van der Waals surface area contributed by atoms with Crippen LogP contribution in [-0.4, -0.2) is 39.7 Å². The first-order chi connectivity index (χ1) is 11.6. The average molecular weight is 356 g/mol. The molecule has 0 spiro atoms. The number of benzene rings is 1. The van der Waals surface area contributed by atoms with Crippen molar-refractivity contribution in [2.45, 2.75) is 57.5 Å². The predicted octanol–water partition coefficient (Wildman–Crippen LogP) is 2.80. The number of rotatable bonds is 3. The van der Waals surface area contributed by atoms with E-state index in [1.54, 1.807) is 12.1 Å². The van der Waals surface area contributed by atoms with Crippen LogP contribution in [-0.2, 0) is 17.6 Å². The van der Waals surface area contributed by atoms with E-state index in [1.165, 1.54) is 19.4 Å². The van der Waals surface area contributed by atoms with Crippen LogP contribution in [0.2, 0.25) is 0 Å². The second-order valence-electron chi connectivity index (χ2n) is 6.52. The fraction of sp³-hybridized carbons (Fsp3) is 0.529. The third kappa shape index (κ3) is 3.10. The van der Waals surface area contributed by atoms with Crippen molar-refractivity contribution in [1.82, 2.24) is 5.01 Å². The maximum Gasteiger partial charge on any atom is 0.438 e. The van der Waals surface area contributed by atoms with Crippen molar-refractivity contribution in [1.29, 1.82) is 0 Å². The number of nitrogens with zero attached hydrogens (tertiary/aromatic N) is 2. The van der Waals surface area contributed by atoms with Crippen LogP contribution in [0.3, 0.4) is 0 Å². The molecular weight excluding hydrogens is 337 g/mol. The number of halogens is 3. The molecule has 0 unspecified atom stereocenters. The molecule has 5 nitrogen and oxygen atoms in total. The summed E-state index contributed by atoms with van der Waals surface area (Å²) in [6.07, 6.45) is -4.05. The predicted molar refractivity (Wildman–Crippen MR) is 84.1 cm³/mol. The Morgan fingerprint density at radius 1 is 1.36 bits per heavy atom. The molecular formula is C17H19F3N2O3. The van der Waals surface area contributed by atoms with Crippen molar-refractivity contribution < 1.29 is 27.8 Å². The Bertz CT molecular complexity index is 732. The number of aryl methyl sites for hydroxylation is 2. The number of ether oxygens (including phenoxy) is 1. The zero-order chi connectivity index (χ0) is 18.4. The molecule has 1 aromatic rings. The minimum absolute atomic E-state index is 0.0258. The molecule has 8 heteroatoms. The summed E-state index contributed by atoms with van der Waals surface area (Å²) in [5, 5.41) is 13.7. The van der Waals surface area contributed by atoms with Gasteiger partial charge in [-0.15, -0.1) is 0 Å². The van der Waals surface area contributed by atoms with Gasteiger partial charge in [-0.25, -0.2) is 0 Å². The molecule has 0 radical (unpaired) electrons. The van der Waals surface area contributed by atoms with E-state index in [4.69, 9.17) is 4.74 Å². The monoisotopic (exact) mass is 356 g/mol. The number of hydrogen-bond acceptors (Lipinski definition) is 4. The number of hydrazone groups is 1. The van der Waals surface area contributed by atoms with Crippen molar-refractivity contribution in [2.75, 3.05) is 0 Å². The van der Waals surface area contributed by atoms with E-state index in [2.05, 4.69) is 5.10 Å². The Balaban J connectivity index is 1.77. The second-order valence-corrected chi connectivity index (χ2v) is 6.52. The van der Waals surface area contributed by atoms with E-state index >= 15 is 0 Å². The van der Waals surface area contributed by atoms with Gasteiger partial charge in [0.25, 0.3) is 11.6 Å². The van der Waals surface area contributed by atoms with Gasteiger partial charge < -0.3 is 9.84 Å². The summed E-state index contributed by atoms with van der Waals surface area (Å²) in [7, 11) is 0. The Morgan fingerprint density at radius 2 is 2.04 bits per heavy atom. The number of carbonyl (C=O) groups is 1. The van der Waals surface area contributed by atoms with Gasteiger partial charge in [-0.2, -0.15) is 23.3 Å². The molecule has 2 atom stereocenters. The van der Waals surface area contributed by atoms with E-state index < -0.39 is 30.3 Å². The summed E-state index contributed by atoms with van der Waals surface area (Å²) >= 11 is 0. The minimum Gasteiger partial charge on any atom is -0.481 e. The number of fused-ring (bicyclic) bond motifs is 1. The van der Waals surface area contributed by atoms with Gasteiger partial charge in [0.2, 0.25) is 0 Å². The highest BCUT2D eigenvalue weighted by Gasteiger charge is 2.63. The quantitative estimate of drug-likeness (QED) is 0.906. The standard InChI is InChI=1S/C17H19F3N2O3/c1-10-9-16(24,17(18,19)20)22(21-10)15(23)11(2)25-14-7-6-12-4-3-5-13(12)8-14/h6-8,11,24H,3-5,9H2,1-2H3/t11-,16+/m0/s1. The molecule has 2 aliphatic rings. The zero-order valence-electron chi connectivity index (χ0n) is 13.9. The van der Waals surface area contributed by atoms with Crippen LogP contribution < -0.4 is 4.74 Å². The summed E-state index contributed by atoms with van der Waals surface area (Å²) in [4.78, 5) is 12.4. The molecule has 0 bridgehead atoms. The summed E-state index contributed by atoms with van der Waals surface area (Å²) in [6.45, 7) is 2.67. The lowest BCUT2D eigenvalue weighted by molar-refractivity contribution is -0.303. The molecule has 0 aromatic heterocycles. The molecule has 1 heterocycles. The maximum absolute atomic E-state index is 13.2. The first-order valence-corrected chi connectivity index (χ1v) is 8.07. The lowest BCUT2D eigenvalue weighted by Crippen LogP contribution is -2.58. The molecule has 1 aromatic carbocycles. The smallest absolute Gasteiger partial charge is 0.438 e. The largest absolute Gasteiger partial charge is 0.481 e. The third-order valence-corrected chi connectivity index (χ3v) is 4.52. The minimum atomic E-state index is -5.02. The van der Waals surface area contributed by atoms with Crippen molar-refractivity contribution >= 4 is 11.6 Å². The van der Waals surface area contributed by atoms with Crippen LogP contribution in [0.5, 0.6) is 5.75 Å². The highest BCUT2D eigenvalue weighted by Crippen LogP contribution is 2.40. The van der Waals surface area contributed by atoms with Crippen LogP contribution in [0.15, 0.2) is 23.3 Å². The second kappa shape index (κ2) is 6.01. The SMILES string of the molecule is CC1=NN(C(=O)[C@H](C)Oc2ccc3c(c2)CCC3)[C@](O)(C(F)(F)F)C1. The van der Waals surface area contributed by atoms with E-state index in [9.17, 15) is 23.1 Å². The molecule has 136 valence electrons.